The molecule has 0 aliphatic carbocycles. The Morgan fingerprint density at radius 1 is 1.14 bits per heavy atom. The van der Waals surface area contributed by atoms with Crippen molar-refractivity contribution in [1.29, 1.82) is 0 Å². The number of benzene rings is 1. The van der Waals surface area contributed by atoms with E-state index in [1.165, 1.54) is 39.1 Å². The van der Waals surface area contributed by atoms with Gasteiger partial charge < -0.3 is 25.8 Å². The normalized spacial score (nSPS) is 15.9. The second-order valence-electron chi connectivity index (χ2n) is 7.57. The fourth-order valence-electron chi connectivity index (χ4n) is 3.39. The molecule has 29 heavy (non-hydrogen) atoms. The summed E-state index contributed by atoms with van der Waals surface area (Å²) in [4.78, 5) is 21.4. The molecule has 1 aromatic carbocycles. The predicted molar refractivity (Wildman–Crippen MR) is 121 cm³/mol. The Bertz CT molecular complexity index is 640. The number of amides is 1. The summed E-state index contributed by atoms with van der Waals surface area (Å²) < 4.78 is 0. The molecule has 0 atom stereocenters. The summed E-state index contributed by atoms with van der Waals surface area (Å²) in [7, 11) is 3.85. The number of aliphatic imine (C=N–C) groups is 1. The van der Waals surface area contributed by atoms with Gasteiger partial charge in [-0.05, 0) is 57.5 Å². The molecular formula is C22H38N6O. The molecule has 1 aliphatic rings. The van der Waals surface area contributed by atoms with Gasteiger partial charge in [-0.25, -0.2) is 0 Å². The summed E-state index contributed by atoms with van der Waals surface area (Å²) >= 11 is 0. The SMILES string of the molecule is CCNC(=NCCCCN1CCN(C)CC1)NCCc1cccc(C(=O)NC)c1. The number of nitrogens with one attached hydrogen (secondary N) is 3. The van der Waals surface area contributed by atoms with Crippen LogP contribution in [0, 0.1) is 0 Å². The molecule has 7 heteroatoms. The van der Waals surface area contributed by atoms with Gasteiger partial charge in [0.05, 0.1) is 0 Å². The molecule has 0 bridgehead atoms. The van der Waals surface area contributed by atoms with E-state index in [9.17, 15) is 4.79 Å². The van der Waals surface area contributed by atoms with Crippen molar-refractivity contribution in [2.24, 2.45) is 4.99 Å². The average molecular weight is 403 g/mol. The van der Waals surface area contributed by atoms with E-state index in [0.29, 0.717) is 5.56 Å². The van der Waals surface area contributed by atoms with Gasteiger partial charge in [0.1, 0.15) is 0 Å². The van der Waals surface area contributed by atoms with Crippen molar-refractivity contribution in [2.75, 3.05) is 66.5 Å². The van der Waals surface area contributed by atoms with E-state index in [4.69, 9.17) is 4.99 Å². The molecule has 1 heterocycles. The van der Waals surface area contributed by atoms with Crippen LogP contribution in [0.25, 0.3) is 0 Å². The molecule has 3 N–H and O–H groups in total. The third-order valence-corrected chi connectivity index (χ3v) is 5.21. The lowest BCUT2D eigenvalue weighted by molar-refractivity contribution is 0.0963. The molecule has 1 amide bonds. The highest BCUT2D eigenvalue weighted by Crippen LogP contribution is 2.06. The maximum atomic E-state index is 11.8. The first-order valence-electron chi connectivity index (χ1n) is 10.9. The molecule has 0 spiro atoms. The van der Waals surface area contributed by atoms with Crippen LogP contribution in [0.1, 0.15) is 35.7 Å². The summed E-state index contributed by atoms with van der Waals surface area (Å²) in [5, 5.41) is 9.38. The monoisotopic (exact) mass is 402 g/mol. The van der Waals surface area contributed by atoms with Crippen LogP contribution in [0.4, 0.5) is 0 Å². The third kappa shape index (κ3) is 8.83. The van der Waals surface area contributed by atoms with Crippen LogP contribution in [0.2, 0.25) is 0 Å². The van der Waals surface area contributed by atoms with Gasteiger partial charge in [0, 0.05) is 58.4 Å². The van der Waals surface area contributed by atoms with Crippen LogP contribution >= 0.6 is 0 Å². The number of unbranched alkanes of at least 4 members (excludes halogenated alkanes) is 1. The maximum Gasteiger partial charge on any atom is 0.251 e. The van der Waals surface area contributed by atoms with Gasteiger partial charge >= 0.3 is 0 Å². The molecule has 0 aromatic heterocycles. The van der Waals surface area contributed by atoms with E-state index in [2.05, 4.69) is 45.8 Å². The number of rotatable bonds is 10. The summed E-state index contributed by atoms with van der Waals surface area (Å²) in [5.74, 6) is 0.820. The minimum atomic E-state index is -0.0497. The second kappa shape index (κ2) is 13.2. The van der Waals surface area contributed by atoms with E-state index in [1.807, 2.05) is 18.2 Å². The second-order valence-corrected chi connectivity index (χ2v) is 7.57. The first-order valence-corrected chi connectivity index (χ1v) is 10.9. The average Bonchev–Trinajstić information content (AvgIpc) is 2.74. The number of guanidine groups is 1. The Morgan fingerprint density at radius 3 is 2.66 bits per heavy atom. The fraction of sp³-hybridized carbons (Fsp3) is 0.636. The number of piperazine rings is 1. The van der Waals surface area contributed by atoms with Crippen molar-refractivity contribution in [2.45, 2.75) is 26.2 Å². The Hall–Kier alpha value is -2.12. The maximum absolute atomic E-state index is 11.8. The number of hydrogen-bond acceptors (Lipinski definition) is 4. The van der Waals surface area contributed by atoms with Crippen LogP contribution in [0.15, 0.2) is 29.3 Å². The molecule has 1 fully saturated rings. The van der Waals surface area contributed by atoms with Crippen LogP contribution in [0.3, 0.4) is 0 Å². The van der Waals surface area contributed by atoms with Crippen LogP contribution in [-0.4, -0.2) is 88.1 Å². The largest absolute Gasteiger partial charge is 0.357 e. The zero-order valence-electron chi connectivity index (χ0n) is 18.3. The molecule has 1 aliphatic heterocycles. The minimum Gasteiger partial charge on any atom is -0.357 e. The van der Waals surface area contributed by atoms with Crippen molar-refractivity contribution in [3.05, 3.63) is 35.4 Å². The summed E-state index contributed by atoms with van der Waals surface area (Å²) in [6.45, 7) is 10.5. The van der Waals surface area contributed by atoms with Gasteiger partial charge in [0.25, 0.3) is 5.91 Å². The van der Waals surface area contributed by atoms with Gasteiger partial charge in [-0.2, -0.15) is 0 Å². The summed E-state index contributed by atoms with van der Waals surface area (Å²) in [5.41, 5.74) is 1.84. The Labute approximate surface area is 175 Å². The van der Waals surface area contributed by atoms with Gasteiger partial charge in [-0.1, -0.05) is 12.1 Å². The number of hydrogen-bond donors (Lipinski definition) is 3. The van der Waals surface area contributed by atoms with E-state index < -0.39 is 0 Å². The first-order chi connectivity index (χ1) is 14.1. The Kier molecular flexibility index (Phi) is 10.5. The van der Waals surface area contributed by atoms with Crippen LogP contribution in [0.5, 0.6) is 0 Å². The van der Waals surface area contributed by atoms with Gasteiger partial charge in [-0.3, -0.25) is 9.79 Å². The summed E-state index contributed by atoms with van der Waals surface area (Å²) in [6.07, 6.45) is 3.15. The Morgan fingerprint density at radius 2 is 1.93 bits per heavy atom. The molecule has 1 aromatic rings. The van der Waals surface area contributed by atoms with E-state index in [0.717, 1.165) is 44.0 Å². The van der Waals surface area contributed by atoms with Gasteiger partial charge in [0.15, 0.2) is 5.96 Å². The van der Waals surface area contributed by atoms with Crippen molar-refractivity contribution in [3.8, 4) is 0 Å². The van der Waals surface area contributed by atoms with E-state index >= 15 is 0 Å². The summed E-state index contributed by atoms with van der Waals surface area (Å²) in [6, 6.07) is 7.77. The standard InChI is InChI=1S/C22H38N6O/c1-4-24-22(25-11-5-6-13-28-16-14-27(3)15-17-28)26-12-10-19-8-7-9-20(18-19)21(29)23-2/h7-9,18H,4-6,10-17H2,1-3H3,(H,23,29)(H2,24,25,26). The van der Waals surface area contributed by atoms with Gasteiger partial charge in [-0.15, -0.1) is 0 Å². The highest BCUT2D eigenvalue weighted by Gasteiger charge is 2.12. The number of likely N-dealkylation sites (N-methyl/N-ethyl adjacent to an activating group) is 1. The Balaban J connectivity index is 1.68. The van der Waals surface area contributed by atoms with Crippen molar-refractivity contribution in [1.82, 2.24) is 25.8 Å². The lowest BCUT2D eigenvalue weighted by atomic mass is 10.1. The predicted octanol–water partition coefficient (Wildman–Crippen LogP) is 1.17. The van der Waals surface area contributed by atoms with E-state index in [1.54, 1.807) is 7.05 Å². The van der Waals surface area contributed by atoms with Crippen molar-refractivity contribution < 1.29 is 4.79 Å². The molecule has 0 saturated carbocycles. The highest BCUT2D eigenvalue weighted by atomic mass is 16.1. The molecule has 0 unspecified atom stereocenters. The lowest BCUT2D eigenvalue weighted by Gasteiger charge is -2.32. The molecule has 7 nitrogen and oxygen atoms in total. The minimum absolute atomic E-state index is 0.0497. The fourth-order valence-corrected chi connectivity index (χ4v) is 3.39. The number of carbonyl (C=O) groups is 1. The number of nitrogens with zero attached hydrogens (tertiary/aromatic N) is 3. The molecule has 1 saturated heterocycles. The zero-order valence-corrected chi connectivity index (χ0v) is 18.3. The quantitative estimate of drug-likeness (QED) is 0.311. The van der Waals surface area contributed by atoms with Crippen LogP contribution < -0.4 is 16.0 Å². The smallest absolute Gasteiger partial charge is 0.251 e. The highest BCUT2D eigenvalue weighted by molar-refractivity contribution is 5.94. The van der Waals surface area contributed by atoms with Gasteiger partial charge in [0.2, 0.25) is 0 Å². The number of carbonyl (C=O) groups excluding carboxylic acids is 1. The zero-order chi connectivity index (χ0) is 20.9. The van der Waals surface area contributed by atoms with E-state index in [-0.39, 0.29) is 5.91 Å². The van der Waals surface area contributed by atoms with Crippen molar-refractivity contribution in [3.63, 3.8) is 0 Å². The molecule has 2 rings (SSSR count). The third-order valence-electron chi connectivity index (χ3n) is 5.21. The first kappa shape index (κ1) is 23.2. The molecule has 0 radical (unpaired) electrons. The molecule has 162 valence electrons. The topological polar surface area (TPSA) is 72.0 Å². The molecular weight excluding hydrogens is 364 g/mol. The van der Waals surface area contributed by atoms with Crippen LogP contribution in [-0.2, 0) is 6.42 Å². The lowest BCUT2D eigenvalue weighted by Crippen LogP contribution is -2.44. The van der Waals surface area contributed by atoms with Crippen molar-refractivity contribution >= 4 is 11.9 Å².